The fraction of sp³-hybridized carbons (Fsp3) is 0.526. The molecule has 1 fully saturated rings. The molecule has 0 unspecified atom stereocenters. The Bertz CT molecular complexity index is 803. The van der Waals surface area contributed by atoms with Crippen molar-refractivity contribution in [2.24, 2.45) is 7.05 Å². The predicted molar refractivity (Wildman–Crippen MR) is 107 cm³/mol. The second-order valence-electron chi connectivity index (χ2n) is 6.75. The molecule has 1 saturated heterocycles. The Morgan fingerprint density at radius 2 is 2.11 bits per heavy atom. The normalized spacial score (nSPS) is 15.4. The van der Waals surface area contributed by atoms with Gasteiger partial charge in [0, 0.05) is 52.2 Å². The Morgan fingerprint density at radius 3 is 2.86 bits per heavy atom. The second kappa shape index (κ2) is 9.79. The molecule has 9 heteroatoms. The lowest BCUT2D eigenvalue weighted by Gasteiger charge is -2.20. The van der Waals surface area contributed by atoms with E-state index in [0.29, 0.717) is 44.2 Å². The maximum absolute atomic E-state index is 12.8. The number of furan rings is 1. The first-order valence-electron chi connectivity index (χ1n) is 9.54. The molecule has 2 amide bonds. The van der Waals surface area contributed by atoms with Crippen molar-refractivity contribution < 1.29 is 14.0 Å². The zero-order valence-corrected chi connectivity index (χ0v) is 17.2. The lowest BCUT2D eigenvalue weighted by molar-refractivity contribution is -0.122. The van der Waals surface area contributed by atoms with Crippen LogP contribution in [0, 0.1) is 0 Å². The Hall–Kier alpha value is -2.26. The molecular formula is C19H27N5O3S. The third-order valence-electron chi connectivity index (χ3n) is 4.61. The molecule has 2 aromatic rings. The quantitative estimate of drug-likeness (QED) is 0.705. The number of likely N-dealkylation sites (N-methyl/N-ethyl adjacent to an activating group) is 1. The summed E-state index contributed by atoms with van der Waals surface area (Å²) in [5, 5.41) is 3.72. The van der Waals surface area contributed by atoms with Gasteiger partial charge in [-0.2, -0.15) is 0 Å². The number of aromatic nitrogens is 2. The molecule has 0 bridgehead atoms. The minimum atomic E-state index is -0.0897. The van der Waals surface area contributed by atoms with Gasteiger partial charge in [-0.05, 0) is 25.5 Å². The number of carbonyl (C=O) groups excluding carboxylic acids is 2. The van der Waals surface area contributed by atoms with E-state index >= 15 is 0 Å². The highest BCUT2D eigenvalue weighted by Gasteiger charge is 2.23. The lowest BCUT2D eigenvalue weighted by Crippen LogP contribution is -2.40. The highest BCUT2D eigenvalue weighted by molar-refractivity contribution is 7.98. The van der Waals surface area contributed by atoms with Crippen LogP contribution in [0.4, 0.5) is 0 Å². The van der Waals surface area contributed by atoms with Crippen molar-refractivity contribution in [2.75, 3.05) is 39.3 Å². The summed E-state index contributed by atoms with van der Waals surface area (Å²) in [6.45, 7) is 5.68. The van der Waals surface area contributed by atoms with Crippen LogP contribution in [0.3, 0.4) is 0 Å². The van der Waals surface area contributed by atoms with E-state index in [2.05, 4.69) is 15.2 Å². The molecule has 0 spiro atoms. The number of thioether (sulfide) groups is 1. The summed E-state index contributed by atoms with van der Waals surface area (Å²) < 4.78 is 7.72. The first kappa shape index (κ1) is 20.5. The number of aryl methyl sites for hydroxylation is 1. The summed E-state index contributed by atoms with van der Waals surface area (Å²) in [5.41, 5.74) is 0. The zero-order chi connectivity index (χ0) is 19.9. The summed E-state index contributed by atoms with van der Waals surface area (Å²) >= 11 is 1.57. The molecule has 28 heavy (non-hydrogen) atoms. The molecule has 0 aromatic carbocycles. The Kier molecular flexibility index (Phi) is 7.16. The van der Waals surface area contributed by atoms with Crippen LogP contribution in [-0.4, -0.2) is 70.4 Å². The SMILES string of the molecule is CCNC(=O)CN1CCCN(C(=O)c2ccc(CSc3nccn3C)o2)CC1. The van der Waals surface area contributed by atoms with Gasteiger partial charge in [0.1, 0.15) is 5.76 Å². The minimum Gasteiger partial charge on any atom is -0.455 e. The monoisotopic (exact) mass is 405 g/mol. The fourth-order valence-electron chi connectivity index (χ4n) is 3.14. The molecule has 1 aliphatic heterocycles. The Morgan fingerprint density at radius 1 is 1.25 bits per heavy atom. The zero-order valence-electron chi connectivity index (χ0n) is 16.4. The summed E-state index contributed by atoms with van der Waals surface area (Å²) in [5.74, 6) is 1.69. The van der Waals surface area contributed by atoms with Crippen molar-refractivity contribution in [3.63, 3.8) is 0 Å². The third kappa shape index (κ3) is 5.39. The van der Waals surface area contributed by atoms with Gasteiger partial charge in [-0.3, -0.25) is 14.5 Å². The highest BCUT2D eigenvalue weighted by Crippen LogP contribution is 2.22. The molecule has 1 N–H and O–H groups in total. The van der Waals surface area contributed by atoms with Crippen LogP contribution in [0.25, 0.3) is 0 Å². The lowest BCUT2D eigenvalue weighted by atomic mass is 10.3. The van der Waals surface area contributed by atoms with Gasteiger partial charge in [-0.15, -0.1) is 0 Å². The van der Waals surface area contributed by atoms with E-state index in [1.165, 1.54) is 0 Å². The van der Waals surface area contributed by atoms with E-state index in [4.69, 9.17) is 4.42 Å². The van der Waals surface area contributed by atoms with Gasteiger partial charge in [-0.1, -0.05) is 11.8 Å². The highest BCUT2D eigenvalue weighted by atomic mass is 32.2. The standard InChI is InChI=1S/C19H27N5O3S/c1-3-20-17(25)13-23-8-4-9-24(12-11-23)18(26)16-6-5-15(27-16)14-28-19-21-7-10-22(19)2/h5-7,10H,3-4,8-9,11-14H2,1-2H3,(H,20,25). The number of nitrogens with one attached hydrogen (secondary N) is 1. The van der Waals surface area contributed by atoms with Gasteiger partial charge in [0.2, 0.25) is 5.91 Å². The molecular weight excluding hydrogens is 378 g/mol. The van der Waals surface area contributed by atoms with E-state index in [1.807, 2.05) is 35.7 Å². The maximum Gasteiger partial charge on any atom is 0.289 e. The third-order valence-corrected chi connectivity index (χ3v) is 5.69. The topological polar surface area (TPSA) is 83.6 Å². The molecule has 3 rings (SSSR count). The van der Waals surface area contributed by atoms with Crippen molar-refractivity contribution >= 4 is 23.6 Å². The minimum absolute atomic E-state index is 0.0307. The van der Waals surface area contributed by atoms with E-state index in [-0.39, 0.29) is 11.8 Å². The number of carbonyl (C=O) groups is 2. The molecule has 1 aliphatic rings. The average molecular weight is 406 g/mol. The van der Waals surface area contributed by atoms with Crippen LogP contribution in [0.15, 0.2) is 34.1 Å². The van der Waals surface area contributed by atoms with Gasteiger partial charge in [0.25, 0.3) is 5.91 Å². The van der Waals surface area contributed by atoms with E-state index < -0.39 is 0 Å². The smallest absolute Gasteiger partial charge is 0.289 e. The molecule has 152 valence electrons. The number of amides is 2. The van der Waals surface area contributed by atoms with Gasteiger partial charge < -0.3 is 19.2 Å². The van der Waals surface area contributed by atoms with E-state index in [0.717, 1.165) is 23.9 Å². The van der Waals surface area contributed by atoms with Crippen LogP contribution in [-0.2, 0) is 17.6 Å². The summed E-state index contributed by atoms with van der Waals surface area (Å²) in [6.07, 6.45) is 4.50. The van der Waals surface area contributed by atoms with Gasteiger partial charge >= 0.3 is 0 Å². The Labute approximate surface area is 169 Å². The predicted octanol–water partition coefficient (Wildman–Crippen LogP) is 1.59. The molecule has 0 aliphatic carbocycles. The second-order valence-corrected chi connectivity index (χ2v) is 7.69. The molecule has 3 heterocycles. The number of imidazole rings is 1. The number of hydrogen-bond acceptors (Lipinski definition) is 6. The number of nitrogens with zero attached hydrogens (tertiary/aromatic N) is 4. The molecule has 0 atom stereocenters. The summed E-state index contributed by atoms with van der Waals surface area (Å²) in [4.78, 5) is 32.7. The number of rotatable bonds is 7. The summed E-state index contributed by atoms with van der Waals surface area (Å²) in [7, 11) is 1.95. The van der Waals surface area contributed by atoms with Crippen LogP contribution in [0.5, 0.6) is 0 Å². The first-order valence-corrected chi connectivity index (χ1v) is 10.5. The van der Waals surface area contributed by atoms with Crippen molar-refractivity contribution in [1.29, 1.82) is 0 Å². The van der Waals surface area contributed by atoms with Crippen molar-refractivity contribution in [3.05, 3.63) is 36.0 Å². The average Bonchev–Trinajstić information content (AvgIpc) is 3.24. The fourth-order valence-corrected chi connectivity index (χ4v) is 3.97. The number of hydrogen-bond donors (Lipinski definition) is 1. The van der Waals surface area contributed by atoms with Crippen molar-refractivity contribution in [2.45, 2.75) is 24.3 Å². The van der Waals surface area contributed by atoms with E-state index in [1.54, 1.807) is 24.0 Å². The van der Waals surface area contributed by atoms with Crippen molar-refractivity contribution in [3.8, 4) is 0 Å². The molecule has 2 aromatic heterocycles. The van der Waals surface area contributed by atoms with E-state index in [9.17, 15) is 9.59 Å². The molecule has 0 saturated carbocycles. The molecule has 8 nitrogen and oxygen atoms in total. The van der Waals surface area contributed by atoms with Crippen LogP contribution < -0.4 is 5.32 Å². The maximum atomic E-state index is 12.8. The van der Waals surface area contributed by atoms with Crippen molar-refractivity contribution in [1.82, 2.24) is 24.7 Å². The first-order chi connectivity index (χ1) is 13.6. The Balaban J connectivity index is 1.52. The van der Waals surface area contributed by atoms with Crippen LogP contribution >= 0.6 is 11.8 Å². The van der Waals surface area contributed by atoms with Gasteiger partial charge in [0.05, 0.1) is 12.3 Å². The molecule has 0 radical (unpaired) electrons. The summed E-state index contributed by atoms with van der Waals surface area (Å²) in [6, 6.07) is 3.59. The van der Waals surface area contributed by atoms with Gasteiger partial charge in [0.15, 0.2) is 10.9 Å². The largest absolute Gasteiger partial charge is 0.455 e. The van der Waals surface area contributed by atoms with Crippen LogP contribution in [0.1, 0.15) is 29.7 Å². The van der Waals surface area contributed by atoms with Gasteiger partial charge in [-0.25, -0.2) is 4.98 Å². The van der Waals surface area contributed by atoms with Crippen LogP contribution in [0.2, 0.25) is 0 Å².